The molecule has 128 valence electrons. The van der Waals surface area contributed by atoms with Crippen molar-refractivity contribution < 1.29 is 9.21 Å². The molecule has 2 aromatic heterocycles. The first-order valence-corrected chi connectivity index (χ1v) is 8.01. The molecule has 25 heavy (non-hydrogen) atoms. The quantitative estimate of drug-likeness (QED) is 0.757. The molecular weight excluding hydrogens is 344 g/mol. The Bertz CT molecular complexity index is 947. The number of anilines is 1. The molecule has 1 aromatic carbocycles. The van der Waals surface area contributed by atoms with E-state index in [1.165, 1.54) is 16.8 Å². The number of carbonyl (C=O) groups excluding carboxylic acids is 1. The van der Waals surface area contributed by atoms with Crippen LogP contribution in [0.4, 0.5) is 5.69 Å². The van der Waals surface area contributed by atoms with E-state index in [2.05, 4.69) is 15.5 Å². The summed E-state index contributed by atoms with van der Waals surface area (Å²) < 4.78 is 6.76. The van der Waals surface area contributed by atoms with Crippen LogP contribution in [0.1, 0.15) is 12.8 Å². The lowest BCUT2D eigenvalue weighted by Crippen LogP contribution is -2.26. The molecule has 8 heteroatoms. The van der Waals surface area contributed by atoms with E-state index < -0.39 is 0 Å². The second-order valence-corrected chi connectivity index (χ2v) is 5.73. The van der Waals surface area contributed by atoms with Crippen molar-refractivity contribution in [3.05, 3.63) is 63.9 Å². The highest BCUT2D eigenvalue weighted by Gasteiger charge is 2.11. The molecule has 0 saturated carbocycles. The molecule has 0 radical (unpaired) electrons. The van der Waals surface area contributed by atoms with Crippen LogP contribution in [-0.4, -0.2) is 20.7 Å². The number of hydrogen-bond donors (Lipinski definition) is 1. The zero-order valence-electron chi connectivity index (χ0n) is 13.4. The van der Waals surface area contributed by atoms with Gasteiger partial charge in [-0.2, -0.15) is 0 Å². The van der Waals surface area contributed by atoms with Crippen molar-refractivity contribution in [2.24, 2.45) is 0 Å². The molecule has 0 bridgehead atoms. The van der Waals surface area contributed by atoms with E-state index in [1.807, 2.05) is 6.92 Å². The van der Waals surface area contributed by atoms with Crippen LogP contribution in [0.3, 0.4) is 0 Å². The largest absolute Gasteiger partial charge is 0.421 e. The first-order chi connectivity index (χ1) is 12.0. The summed E-state index contributed by atoms with van der Waals surface area (Å²) in [5, 5.41) is 11.1. The maximum absolute atomic E-state index is 12.2. The maximum Gasteiger partial charge on any atom is 0.251 e. The molecule has 0 aliphatic carbocycles. The molecule has 3 aromatic rings. The zero-order valence-corrected chi connectivity index (χ0v) is 14.2. The van der Waals surface area contributed by atoms with Gasteiger partial charge < -0.3 is 14.3 Å². The van der Waals surface area contributed by atoms with Gasteiger partial charge in [0.1, 0.15) is 6.54 Å². The highest BCUT2D eigenvalue weighted by Crippen LogP contribution is 2.16. The first-order valence-electron chi connectivity index (χ1n) is 7.64. The van der Waals surface area contributed by atoms with E-state index in [1.54, 1.807) is 30.3 Å². The molecule has 0 fully saturated rings. The van der Waals surface area contributed by atoms with Crippen molar-refractivity contribution in [3.63, 3.8) is 0 Å². The summed E-state index contributed by atoms with van der Waals surface area (Å²) in [5.41, 5.74) is 0.874. The number of halogens is 1. The molecule has 1 amide bonds. The number of nitrogens with zero attached hydrogens (tertiary/aromatic N) is 3. The van der Waals surface area contributed by atoms with Crippen molar-refractivity contribution in [2.45, 2.75) is 19.9 Å². The fourth-order valence-electron chi connectivity index (χ4n) is 2.18. The van der Waals surface area contributed by atoms with Crippen LogP contribution < -0.4 is 10.9 Å². The number of aryl methyl sites for hydroxylation is 1. The molecule has 0 aliphatic rings. The van der Waals surface area contributed by atoms with Crippen molar-refractivity contribution in [2.75, 3.05) is 5.32 Å². The number of rotatable bonds is 5. The van der Waals surface area contributed by atoms with Gasteiger partial charge in [0.25, 0.3) is 5.56 Å². The lowest BCUT2D eigenvalue weighted by atomic mass is 10.3. The normalized spacial score (nSPS) is 10.6. The molecule has 0 atom stereocenters. The molecule has 3 rings (SSSR count). The predicted molar refractivity (Wildman–Crippen MR) is 93.5 cm³/mol. The van der Waals surface area contributed by atoms with Crippen LogP contribution in [0, 0.1) is 0 Å². The van der Waals surface area contributed by atoms with E-state index in [9.17, 15) is 9.59 Å². The number of pyridine rings is 1. The smallest absolute Gasteiger partial charge is 0.251 e. The Balaban J connectivity index is 1.77. The van der Waals surface area contributed by atoms with Crippen LogP contribution in [-0.2, 0) is 17.8 Å². The second kappa shape index (κ2) is 7.31. The summed E-state index contributed by atoms with van der Waals surface area (Å²) in [4.78, 5) is 24.2. The van der Waals surface area contributed by atoms with E-state index in [4.69, 9.17) is 16.0 Å². The van der Waals surface area contributed by atoms with Crippen LogP contribution >= 0.6 is 11.6 Å². The summed E-state index contributed by atoms with van der Waals surface area (Å²) >= 11 is 5.81. The monoisotopic (exact) mass is 358 g/mol. The molecule has 0 saturated heterocycles. The summed E-state index contributed by atoms with van der Waals surface area (Å²) in [7, 11) is 0. The van der Waals surface area contributed by atoms with Gasteiger partial charge in [0.05, 0.1) is 5.56 Å². The molecule has 0 unspecified atom stereocenters. The third-order valence-electron chi connectivity index (χ3n) is 3.44. The Morgan fingerprint density at radius 3 is 2.64 bits per heavy atom. The highest BCUT2D eigenvalue weighted by atomic mass is 35.5. The van der Waals surface area contributed by atoms with Gasteiger partial charge in [-0.05, 0) is 30.3 Å². The van der Waals surface area contributed by atoms with Gasteiger partial charge in [0.15, 0.2) is 0 Å². The topological polar surface area (TPSA) is 90.0 Å². The number of carbonyl (C=O) groups is 1. The molecule has 2 heterocycles. The average molecular weight is 359 g/mol. The number of aromatic nitrogens is 3. The minimum atomic E-state index is -0.332. The fourth-order valence-corrected chi connectivity index (χ4v) is 2.31. The van der Waals surface area contributed by atoms with E-state index >= 15 is 0 Å². The number of nitrogens with one attached hydrogen (secondary N) is 1. The summed E-state index contributed by atoms with van der Waals surface area (Å²) in [6.45, 7) is 1.77. The maximum atomic E-state index is 12.2. The standard InChI is InChI=1S/C17H15ClN4O3/c1-2-15-20-21-17(25-15)11-3-8-16(24)22(9-11)10-14(23)19-13-6-4-12(18)5-7-13/h3-9H,2,10H2,1H3,(H,19,23). The van der Waals surface area contributed by atoms with Crippen molar-refractivity contribution in [3.8, 4) is 11.5 Å². The average Bonchev–Trinajstić information content (AvgIpc) is 3.08. The Morgan fingerprint density at radius 1 is 1.20 bits per heavy atom. The molecule has 0 spiro atoms. The van der Waals surface area contributed by atoms with Crippen LogP contribution in [0.15, 0.2) is 51.8 Å². The summed E-state index contributed by atoms with van der Waals surface area (Å²) in [5.74, 6) is 0.485. The molecule has 7 nitrogen and oxygen atoms in total. The Kier molecular flexibility index (Phi) is 4.95. The van der Waals surface area contributed by atoms with E-state index in [-0.39, 0.29) is 18.0 Å². The van der Waals surface area contributed by atoms with Crippen LogP contribution in [0.2, 0.25) is 5.02 Å². The SMILES string of the molecule is CCc1nnc(-c2ccc(=O)n(CC(=O)Nc3ccc(Cl)cc3)c2)o1. The predicted octanol–water partition coefficient (Wildman–Crippen LogP) is 2.75. The summed E-state index contributed by atoms with van der Waals surface area (Å²) in [6.07, 6.45) is 2.15. The van der Waals surface area contributed by atoms with Crippen LogP contribution in [0.25, 0.3) is 11.5 Å². The van der Waals surface area contributed by atoms with Gasteiger partial charge in [0.2, 0.25) is 17.7 Å². The minimum Gasteiger partial charge on any atom is -0.421 e. The third-order valence-corrected chi connectivity index (χ3v) is 3.69. The highest BCUT2D eigenvalue weighted by molar-refractivity contribution is 6.30. The van der Waals surface area contributed by atoms with Crippen molar-refractivity contribution in [1.82, 2.24) is 14.8 Å². The fraction of sp³-hybridized carbons (Fsp3) is 0.176. The van der Waals surface area contributed by atoms with Gasteiger partial charge in [-0.1, -0.05) is 18.5 Å². The molecular formula is C17H15ClN4O3. The van der Waals surface area contributed by atoms with Crippen molar-refractivity contribution in [1.29, 1.82) is 0 Å². The lowest BCUT2D eigenvalue weighted by molar-refractivity contribution is -0.116. The minimum absolute atomic E-state index is 0.135. The Labute approximate surface area is 148 Å². The van der Waals surface area contributed by atoms with Gasteiger partial charge >= 0.3 is 0 Å². The number of amides is 1. The Hall–Kier alpha value is -2.93. The van der Waals surface area contributed by atoms with E-state index in [0.717, 1.165) is 0 Å². The first kappa shape index (κ1) is 16.9. The molecule has 0 aliphatic heterocycles. The van der Waals surface area contributed by atoms with E-state index in [0.29, 0.717) is 34.5 Å². The van der Waals surface area contributed by atoms with Gasteiger partial charge in [-0.25, -0.2) is 0 Å². The lowest BCUT2D eigenvalue weighted by Gasteiger charge is -2.08. The zero-order chi connectivity index (χ0) is 17.8. The molecule has 1 N–H and O–H groups in total. The van der Waals surface area contributed by atoms with Crippen LogP contribution in [0.5, 0.6) is 0 Å². The Morgan fingerprint density at radius 2 is 1.96 bits per heavy atom. The summed E-state index contributed by atoms with van der Waals surface area (Å²) in [6, 6.07) is 9.66. The van der Waals surface area contributed by atoms with Crippen molar-refractivity contribution >= 4 is 23.2 Å². The van der Waals surface area contributed by atoms with Gasteiger partial charge in [-0.15, -0.1) is 10.2 Å². The third kappa shape index (κ3) is 4.13. The number of hydrogen-bond acceptors (Lipinski definition) is 5. The van der Waals surface area contributed by atoms with Gasteiger partial charge in [0, 0.05) is 29.4 Å². The van der Waals surface area contributed by atoms with Gasteiger partial charge in [-0.3, -0.25) is 9.59 Å². The second-order valence-electron chi connectivity index (χ2n) is 5.29. The number of benzene rings is 1.